The summed E-state index contributed by atoms with van der Waals surface area (Å²) in [5.41, 5.74) is 11.5. The maximum absolute atomic E-state index is 11.3. The van der Waals surface area contributed by atoms with Gasteiger partial charge in [0.1, 0.15) is 0 Å². The molecule has 0 unspecified atom stereocenters. The van der Waals surface area contributed by atoms with E-state index in [2.05, 4.69) is 16.2 Å². The molecule has 0 heterocycles. The zero-order valence-electron chi connectivity index (χ0n) is 9.77. The second-order valence-electron chi connectivity index (χ2n) is 3.53. The lowest BCUT2D eigenvalue weighted by Gasteiger charge is -2.08. The van der Waals surface area contributed by atoms with Crippen molar-refractivity contribution >= 4 is 23.2 Å². The van der Waals surface area contributed by atoms with E-state index < -0.39 is 11.8 Å². The number of nitrogens with one attached hydrogen (secondary N) is 3. The molecule has 98 valence electrons. The van der Waals surface area contributed by atoms with Gasteiger partial charge in [0.2, 0.25) is 0 Å². The van der Waals surface area contributed by atoms with Gasteiger partial charge in [0, 0.05) is 18.8 Å². The average molecular weight is 252 g/mol. The molecule has 0 fully saturated rings. The Bertz CT molecular complexity index is 405. The molecule has 1 aromatic rings. The van der Waals surface area contributed by atoms with Crippen LogP contribution in [0, 0.1) is 0 Å². The number of carbonyl (C=O) groups excluding carboxylic acids is 2. The fraction of sp³-hybridized carbons (Fsp3) is 0.273. The van der Waals surface area contributed by atoms with Gasteiger partial charge in [0.15, 0.2) is 0 Å². The zero-order chi connectivity index (χ0) is 13.4. The number of aliphatic hydroxyl groups excluding tert-OH is 1. The molecule has 7 heteroatoms. The van der Waals surface area contributed by atoms with Gasteiger partial charge in [-0.2, -0.15) is 0 Å². The van der Waals surface area contributed by atoms with Crippen molar-refractivity contribution in [1.29, 1.82) is 0 Å². The highest BCUT2D eigenvalue weighted by Gasteiger charge is 2.11. The standard InChI is InChI=1S/C11H16N4O3/c12-8-2-4-9(5-3-8)14-15-11(18)10(17)13-6-1-7-16/h2-5,14,16H,1,6-7,12H2,(H,13,17)(H,15,18). The highest BCUT2D eigenvalue weighted by atomic mass is 16.3. The highest BCUT2D eigenvalue weighted by Crippen LogP contribution is 2.08. The summed E-state index contributed by atoms with van der Waals surface area (Å²) in [4.78, 5) is 22.5. The number of rotatable bonds is 5. The minimum absolute atomic E-state index is 0.0361. The smallest absolute Gasteiger partial charge is 0.327 e. The normalized spacial score (nSPS) is 9.61. The summed E-state index contributed by atoms with van der Waals surface area (Å²) in [6.45, 7) is 0.218. The van der Waals surface area contributed by atoms with Crippen molar-refractivity contribution < 1.29 is 14.7 Å². The van der Waals surface area contributed by atoms with Crippen molar-refractivity contribution in [2.24, 2.45) is 0 Å². The molecule has 0 aromatic heterocycles. The van der Waals surface area contributed by atoms with Gasteiger partial charge >= 0.3 is 11.8 Å². The molecular weight excluding hydrogens is 236 g/mol. The number of hydrogen-bond donors (Lipinski definition) is 5. The third kappa shape index (κ3) is 4.71. The van der Waals surface area contributed by atoms with E-state index in [0.717, 1.165) is 0 Å². The van der Waals surface area contributed by atoms with Gasteiger partial charge < -0.3 is 16.2 Å². The fourth-order valence-electron chi connectivity index (χ4n) is 1.11. The topological polar surface area (TPSA) is 116 Å². The number of hydrogen-bond acceptors (Lipinski definition) is 5. The van der Waals surface area contributed by atoms with E-state index in [1.54, 1.807) is 24.3 Å². The molecule has 0 radical (unpaired) electrons. The van der Waals surface area contributed by atoms with Crippen LogP contribution in [0.2, 0.25) is 0 Å². The third-order valence-corrected chi connectivity index (χ3v) is 2.06. The number of amides is 2. The Morgan fingerprint density at radius 1 is 1.17 bits per heavy atom. The molecule has 0 saturated heterocycles. The molecule has 0 bridgehead atoms. The summed E-state index contributed by atoms with van der Waals surface area (Å²) < 4.78 is 0. The molecular formula is C11H16N4O3. The minimum atomic E-state index is -0.801. The van der Waals surface area contributed by atoms with Gasteiger partial charge in [-0.25, -0.2) is 0 Å². The van der Waals surface area contributed by atoms with Crippen molar-refractivity contribution in [3.8, 4) is 0 Å². The van der Waals surface area contributed by atoms with Crippen LogP contribution in [-0.2, 0) is 9.59 Å². The van der Waals surface area contributed by atoms with Crippen LogP contribution in [0.15, 0.2) is 24.3 Å². The largest absolute Gasteiger partial charge is 0.399 e. The first-order valence-electron chi connectivity index (χ1n) is 5.44. The number of carbonyl (C=O) groups is 2. The molecule has 6 N–H and O–H groups in total. The number of hydrazine groups is 1. The maximum Gasteiger partial charge on any atom is 0.327 e. The lowest BCUT2D eigenvalue weighted by molar-refractivity contribution is -0.138. The number of benzene rings is 1. The second kappa shape index (κ2) is 7.13. The van der Waals surface area contributed by atoms with E-state index in [1.807, 2.05) is 0 Å². The highest BCUT2D eigenvalue weighted by molar-refractivity contribution is 6.35. The van der Waals surface area contributed by atoms with Gasteiger partial charge in [0.05, 0.1) is 5.69 Å². The van der Waals surface area contributed by atoms with Crippen LogP contribution in [-0.4, -0.2) is 30.1 Å². The molecule has 1 aromatic carbocycles. The van der Waals surface area contributed by atoms with E-state index in [-0.39, 0.29) is 13.2 Å². The number of anilines is 2. The van der Waals surface area contributed by atoms with Gasteiger partial charge in [-0.3, -0.25) is 20.4 Å². The van der Waals surface area contributed by atoms with E-state index in [0.29, 0.717) is 17.8 Å². The van der Waals surface area contributed by atoms with Gasteiger partial charge in [0.25, 0.3) is 0 Å². The number of nitrogen functional groups attached to an aromatic ring is 1. The first-order valence-corrected chi connectivity index (χ1v) is 5.44. The van der Waals surface area contributed by atoms with Gasteiger partial charge in [-0.05, 0) is 30.7 Å². The first kappa shape index (κ1) is 13.8. The Morgan fingerprint density at radius 2 is 1.83 bits per heavy atom. The molecule has 2 amide bonds. The summed E-state index contributed by atoms with van der Waals surface area (Å²) in [5.74, 6) is -1.56. The van der Waals surface area contributed by atoms with E-state index in [1.165, 1.54) is 0 Å². The minimum Gasteiger partial charge on any atom is -0.399 e. The molecule has 1 rings (SSSR count). The van der Waals surface area contributed by atoms with E-state index >= 15 is 0 Å². The van der Waals surface area contributed by atoms with Crippen LogP contribution >= 0.6 is 0 Å². The Balaban J connectivity index is 2.32. The van der Waals surface area contributed by atoms with Crippen LogP contribution in [0.1, 0.15) is 6.42 Å². The molecule has 7 nitrogen and oxygen atoms in total. The zero-order valence-corrected chi connectivity index (χ0v) is 9.77. The van der Waals surface area contributed by atoms with Crippen molar-refractivity contribution in [3.05, 3.63) is 24.3 Å². The monoisotopic (exact) mass is 252 g/mol. The predicted molar refractivity (Wildman–Crippen MR) is 67.3 cm³/mol. The molecule has 0 atom stereocenters. The molecule has 0 aliphatic rings. The molecule has 0 aliphatic carbocycles. The lowest BCUT2D eigenvalue weighted by Crippen LogP contribution is -2.42. The van der Waals surface area contributed by atoms with Crippen LogP contribution in [0.5, 0.6) is 0 Å². The van der Waals surface area contributed by atoms with Crippen molar-refractivity contribution in [2.75, 3.05) is 24.3 Å². The molecule has 0 spiro atoms. The van der Waals surface area contributed by atoms with Crippen molar-refractivity contribution in [1.82, 2.24) is 10.7 Å². The SMILES string of the molecule is Nc1ccc(NNC(=O)C(=O)NCCCO)cc1. The lowest BCUT2D eigenvalue weighted by atomic mass is 10.3. The van der Waals surface area contributed by atoms with Crippen LogP contribution in [0.4, 0.5) is 11.4 Å². The summed E-state index contributed by atoms with van der Waals surface area (Å²) in [6.07, 6.45) is 0.407. The predicted octanol–water partition coefficient (Wildman–Crippen LogP) is -0.789. The van der Waals surface area contributed by atoms with E-state index in [9.17, 15) is 9.59 Å². The Morgan fingerprint density at radius 3 is 2.44 bits per heavy atom. The Labute approximate surface area is 104 Å². The second-order valence-corrected chi connectivity index (χ2v) is 3.53. The summed E-state index contributed by atoms with van der Waals surface area (Å²) >= 11 is 0. The summed E-state index contributed by atoms with van der Waals surface area (Å²) in [7, 11) is 0. The Hall–Kier alpha value is -2.28. The van der Waals surface area contributed by atoms with Crippen LogP contribution < -0.4 is 21.9 Å². The van der Waals surface area contributed by atoms with Gasteiger partial charge in [-0.15, -0.1) is 0 Å². The van der Waals surface area contributed by atoms with Crippen molar-refractivity contribution in [3.63, 3.8) is 0 Å². The average Bonchev–Trinajstić information content (AvgIpc) is 2.38. The maximum atomic E-state index is 11.3. The number of nitrogens with two attached hydrogens (primary N) is 1. The Kier molecular flexibility index (Phi) is 5.46. The molecule has 0 saturated carbocycles. The third-order valence-electron chi connectivity index (χ3n) is 2.06. The van der Waals surface area contributed by atoms with E-state index in [4.69, 9.17) is 10.8 Å². The number of aliphatic hydroxyl groups is 1. The fourth-order valence-corrected chi connectivity index (χ4v) is 1.11. The van der Waals surface area contributed by atoms with Crippen molar-refractivity contribution in [2.45, 2.75) is 6.42 Å². The molecule has 0 aliphatic heterocycles. The summed E-state index contributed by atoms with van der Waals surface area (Å²) in [5, 5.41) is 10.9. The van der Waals surface area contributed by atoms with Gasteiger partial charge in [-0.1, -0.05) is 0 Å². The van der Waals surface area contributed by atoms with Crippen LogP contribution in [0.3, 0.4) is 0 Å². The van der Waals surface area contributed by atoms with Crippen LogP contribution in [0.25, 0.3) is 0 Å². The summed E-state index contributed by atoms with van der Waals surface area (Å²) in [6, 6.07) is 6.66. The first-order chi connectivity index (χ1) is 8.63. The molecule has 18 heavy (non-hydrogen) atoms. The quantitative estimate of drug-likeness (QED) is 0.204.